The number of hydrogen-bond acceptors (Lipinski definition) is 4. The Labute approximate surface area is 117 Å². The SMILES string of the molecule is Cc1cnc(C)c(CSCC[N+](C)=C(N)NC#N)n1. The standard InChI is InChI=1S/C12H18N6S/c1-9-6-15-10(2)11(17-9)7-19-5-4-18(3)12(14)16-8-13/h6H,4-5,7H2,1-3H3,(H2,14,16)/p+1. The van der Waals surface area contributed by atoms with Crippen LogP contribution in [0.2, 0.25) is 0 Å². The fraction of sp³-hybridized carbons (Fsp3) is 0.500. The van der Waals surface area contributed by atoms with Gasteiger partial charge >= 0.3 is 5.96 Å². The van der Waals surface area contributed by atoms with Gasteiger partial charge in [0.05, 0.1) is 30.7 Å². The molecular formula is C12H19N6S+. The van der Waals surface area contributed by atoms with E-state index in [0.717, 1.165) is 35.1 Å². The number of nitrogens with zero attached hydrogens (tertiary/aromatic N) is 4. The fourth-order valence-electron chi connectivity index (χ4n) is 1.37. The van der Waals surface area contributed by atoms with Crippen molar-refractivity contribution in [2.24, 2.45) is 5.73 Å². The number of thioether (sulfide) groups is 1. The highest BCUT2D eigenvalue weighted by molar-refractivity contribution is 7.98. The average Bonchev–Trinajstić information content (AvgIpc) is 2.38. The number of nitrogens with two attached hydrogens (primary N) is 1. The summed E-state index contributed by atoms with van der Waals surface area (Å²) in [5, 5.41) is 10.9. The maximum Gasteiger partial charge on any atom is 0.357 e. The zero-order valence-corrected chi connectivity index (χ0v) is 12.3. The lowest BCUT2D eigenvalue weighted by atomic mass is 10.3. The number of guanidine groups is 1. The molecule has 3 N–H and O–H groups in total. The number of nitriles is 1. The molecule has 0 aliphatic heterocycles. The number of nitrogens with one attached hydrogen (secondary N) is 1. The van der Waals surface area contributed by atoms with Crippen LogP contribution in [-0.4, -0.2) is 39.8 Å². The van der Waals surface area contributed by atoms with Gasteiger partial charge in [0.15, 0.2) is 0 Å². The van der Waals surface area contributed by atoms with Crippen LogP contribution in [0.3, 0.4) is 0 Å². The minimum Gasteiger partial charge on any atom is -0.290 e. The third-order valence-electron chi connectivity index (χ3n) is 2.58. The van der Waals surface area contributed by atoms with Crippen LogP contribution in [0, 0.1) is 25.3 Å². The van der Waals surface area contributed by atoms with Gasteiger partial charge in [-0.15, -0.1) is 0 Å². The summed E-state index contributed by atoms with van der Waals surface area (Å²) in [5.41, 5.74) is 8.58. The highest BCUT2D eigenvalue weighted by atomic mass is 32.2. The molecule has 0 atom stereocenters. The highest BCUT2D eigenvalue weighted by Gasteiger charge is 2.05. The predicted molar refractivity (Wildman–Crippen MR) is 76.7 cm³/mol. The van der Waals surface area contributed by atoms with Crippen molar-refractivity contribution in [3.8, 4) is 6.19 Å². The van der Waals surface area contributed by atoms with Crippen LogP contribution in [0.15, 0.2) is 6.20 Å². The maximum absolute atomic E-state index is 8.45. The molecular weight excluding hydrogens is 260 g/mol. The normalized spacial score (nSPS) is 11.7. The summed E-state index contributed by atoms with van der Waals surface area (Å²) in [6, 6.07) is 0. The van der Waals surface area contributed by atoms with E-state index in [2.05, 4.69) is 15.3 Å². The Morgan fingerprint density at radius 2 is 2.32 bits per heavy atom. The monoisotopic (exact) mass is 279 g/mol. The Hall–Kier alpha value is -1.81. The average molecular weight is 279 g/mol. The minimum atomic E-state index is 0.370. The first-order valence-corrected chi connectivity index (χ1v) is 7.05. The Kier molecular flexibility index (Phi) is 6.09. The summed E-state index contributed by atoms with van der Waals surface area (Å²) in [6.45, 7) is 4.68. The molecule has 0 fully saturated rings. The molecule has 19 heavy (non-hydrogen) atoms. The van der Waals surface area contributed by atoms with Gasteiger partial charge in [-0.3, -0.25) is 20.3 Å². The largest absolute Gasteiger partial charge is 0.357 e. The Morgan fingerprint density at radius 1 is 1.58 bits per heavy atom. The first-order valence-electron chi connectivity index (χ1n) is 5.90. The van der Waals surface area contributed by atoms with E-state index in [1.807, 2.05) is 25.5 Å². The van der Waals surface area contributed by atoms with Gasteiger partial charge in [0.2, 0.25) is 0 Å². The van der Waals surface area contributed by atoms with Crippen molar-refractivity contribution in [1.82, 2.24) is 15.3 Å². The maximum atomic E-state index is 8.45. The van der Waals surface area contributed by atoms with E-state index in [1.165, 1.54) is 0 Å². The van der Waals surface area contributed by atoms with Gasteiger partial charge in [-0.25, -0.2) is 0 Å². The molecule has 7 heteroatoms. The van der Waals surface area contributed by atoms with Crippen molar-refractivity contribution in [3.63, 3.8) is 0 Å². The van der Waals surface area contributed by atoms with Gasteiger partial charge in [-0.05, 0) is 13.8 Å². The van der Waals surface area contributed by atoms with Gasteiger partial charge < -0.3 is 0 Å². The van der Waals surface area contributed by atoms with Crippen LogP contribution in [0.5, 0.6) is 0 Å². The van der Waals surface area contributed by atoms with Crippen molar-refractivity contribution in [2.45, 2.75) is 19.6 Å². The summed E-state index contributed by atoms with van der Waals surface area (Å²) >= 11 is 1.77. The molecule has 102 valence electrons. The second-order valence-corrected chi connectivity index (χ2v) is 5.24. The van der Waals surface area contributed by atoms with Crippen LogP contribution < -0.4 is 11.1 Å². The lowest BCUT2D eigenvalue weighted by Gasteiger charge is -2.06. The molecule has 0 spiro atoms. The number of rotatable bonds is 5. The zero-order valence-electron chi connectivity index (χ0n) is 11.5. The smallest absolute Gasteiger partial charge is 0.290 e. The van der Waals surface area contributed by atoms with Crippen molar-refractivity contribution >= 4 is 17.7 Å². The van der Waals surface area contributed by atoms with Crippen molar-refractivity contribution in [3.05, 3.63) is 23.3 Å². The first kappa shape index (κ1) is 15.2. The molecule has 1 rings (SSSR count). The van der Waals surface area contributed by atoms with Gasteiger partial charge in [-0.2, -0.15) is 22.3 Å². The molecule has 0 bridgehead atoms. The highest BCUT2D eigenvalue weighted by Crippen LogP contribution is 2.12. The summed E-state index contributed by atoms with van der Waals surface area (Å²) < 4.78 is 1.81. The second-order valence-electron chi connectivity index (χ2n) is 4.14. The van der Waals surface area contributed by atoms with Gasteiger partial charge in [0, 0.05) is 17.7 Å². The quantitative estimate of drug-likeness (QED) is 0.202. The van der Waals surface area contributed by atoms with E-state index in [0.29, 0.717) is 5.96 Å². The van der Waals surface area contributed by atoms with Crippen LogP contribution >= 0.6 is 11.8 Å². The van der Waals surface area contributed by atoms with Crippen molar-refractivity contribution in [1.29, 1.82) is 5.26 Å². The van der Waals surface area contributed by atoms with E-state index >= 15 is 0 Å². The van der Waals surface area contributed by atoms with Crippen molar-refractivity contribution in [2.75, 3.05) is 19.3 Å². The second kappa shape index (κ2) is 7.59. The zero-order chi connectivity index (χ0) is 14.3. The van der Waals surface area contributed by atoms with E-state index in [-0.39, 0.29) is 0 Å². The predicted octanol–water partition coefficient (Wildman–Crippen LogP) is 0.354. The molecule has 1 aromatic heterocycles. The summed E-state index contributed by atoms with van der Waals surface area (Å²) in [5.74, 6) is 2.11. The minimum absolute atomic E-state index is 0.370. The molecule has 0 saturated heterocycles. The van der Waals surface area contributed by atoms with E-state index < -0.39 is 0 Å². The summed E-state index contributed by atoms with van der Waals surface area (Å²) in [7, 11) is 1.85. The van der Waals surface area contributed by atoms with Gasteiger partial charge in [0.25, 0.3) is 6.19 Å². The molecule has 0 radical (unpaired) electrons. The van der Waals surface area contributed by atoms with E-state index in [1.54, 1.807) is 24.2 Å². The van der Waals surface area contributed by atoms with Crippen LogP contribution in [-0.2, 0) is 5.75 Å². The molecule has 0 aliphatic rings. The number of hydrogen-bond donors (Lipinski definition) is 2. The molecule has 0 saturated carbocycles. The lowest BCUT2D eigenvalue weighted by molar-refractivity contribution is -0.494. The van der Waals surface area contributed by atoms with Gasteiger partial charge in [-0.1, -0.05) is 0 Å². The third kappa shape index (κ3) is 5.14. The molecule has 0 amide bonds. The van der Waals surface area contributed by atoms with E-state index in [9.17, 15) is 0 Å². The van der Waals surface area contributed by atoms with Crippen molar-refractivity contribution < 1.29 is 4.58 Å². The Bertz CT molecular complexity index is 505. The fourth-order valence-corrected chi connectivity index (χ4v) is 2.38. The first-order chi connectivity index (χ1) is 9.04. The summed E-state index contributed by atoms with van der Waals surface area (Å²) in [6.07, 6.45) is 3.58. The Morgan fingerprint density at radius 3 is 3.00 bits per heavy atom. The van der Waals surface area contributed by atoms with E-state index in [4.69, 9.17) is 11.0 Å². The lowest BCUT2D eigenvalue weighted by Crippen LogP contribution is -2.37. The summed E-state index contributed by atoms with van der Waals surface area (Å²) in [4.78, 5) is 8.76. The number of aromatic nitrogens is 2. The topological polar surface area (TPSA) is 90.6 Å². The third-order valence-corrected chi connectivity index (χ3v) is 3.53. The van der Waals surface area contributed by atoms with Crippen LogP contribution in [0.25, 0.3) is 0 Å². The molecule has 1 aromatic rings. The van der Waals surface area contributed by atoms with Crippen LogP contribution in [0.1, 0.15) is 17.1 Å². The Balaban J connectivity index is 2.41. The molecule has 0 aliphatic carbocycles. The molecule has 1 heterocycles. The molecule has 6 nitrogen and oxygen atoms in total. The molecule has 0 unspecified atom stereocenters. The molecule has 0 aromatic carbocycles. The van der Waals surface area contributed by atoms with Crippen LogP contribution in [0.4, 0.5) is 0 Å². The van der Waals surface area contributed by atoms with Gasteiger partial charge in [0.1, 0.15) is 0 Å². The number of aryl methyl sites for hydroxylation is 2.